The molecule has 0 aromatic rings. The summed E-state index contributed by atoms with van der Waals surface area (Å²) in [6, 6.07) is 0. The van der Waals surface area contributed by atoms with E-state index in [0.29, 0.717) is 6.61 Å². The molecule has 0 spiro atoms. The maximum absolute atomic E-state index is 11.7. The lowest BCUT2D eigenvalue weighted by Gasteiger charge is -2.07. The molecule has 0 rings (SSSR count). The van der Waals surface area contributed by atoms with Crippen LogP contribution < -0.4 is 5.32 Å². The van der Waals surface area contributed by atoms with E-state index in [2.05, 4.69) is 5.32 Å². The molecule has 3 nitrogen and oxygen atoms in total. The van der Waals surface area contributed by atoms with Crippen molar-refractivity contribution in [1.82, 2.24) is 5.32 Å². The summed E-state index contributed by atoms with van der Waals surface area (Å²) in [6.07, 6.45) is -3.23. The highest BCUT2D eigenvalue weighted by Gasteiger charge is 2.25. The first-order chi connectivity index (χ1) is 7.45. The molecule has 0 aliphatic heterocycles. The van der Waals surface area contributed by atoms with Gasteiger partial charge >= 0.3 is 12.1 Å². The smallest absolute Gasteiger partial charge is 0.389 e. The summed E-state index contributed by atoms with van der Waals surface area (Å²) in [6.45, 7) is 2.49. The number of esters is 1. The summed E-state index contributed by atoms with van der Waals surface area (Å²) in [5.74, 6) is -0.416. The van der Waals surface area contributed by atoms with Crippen LogP contribution in [0.2, 0.25) is 0 Å². The number of carbonyl (C=O) groups is 1. The van der Waals surface area contributed by atoms with E-state index < -0.39 is 18.6 Å². The van der Waals surface area contributed by atoms with Gasteiger partial charge in [-0.3, -0.25) is 4.79 Å². The maximum atomic E-state index is 11.7. The molecular weight excluding hydrogens is 223 g/mol. The van der Waals surface area contributed by atoms with Crippen LogP contribution in [0.1, 0.15) is 32.6 Å². The summed E-state index contributed by atoms with van der Waals surface area (Å²) in [5.41, 5.74) is 0. The summed E-state index contributed by atoms with van der Waals surface area (Å²) in [5, 5.41) is 2.61. The van der Waals surface area contributed by atoms with Gasteiger partial charge in [-0.25, -0.2) is 0 Å². The van der Waals surface area contributed by atoms with Crippen LogP contribution in [0.3, 0.4) is 0 Å². The fraction of sp³-hybridized carbons (Fsp3) is 0.900. The summed E-state index contributed by atoms with van der Waals surface area (Å²) < 4.78 is 40.0. The van der Waals surface area contributed by atoms with E-state index in [1.807, 2.05) is 6.92 Å². The Labute approximate surface area is 93.3 Å². The molecule has 0 atom stereocenters. The second-order valence-corrected chi connectivity index (χ2v) is 3.47. The van der Waals surface area contributed by atoms with E-state index in [9.17, 15) is 18.0 Å². The molecule has 0 bridgehead atoms. The van der Waals surface area contributed by atoms with Crippen molar-refractivity contribution in [3.8, 4) is 0 Å². The Balaban J connectivity index is 3.28. The highest BCUT2D eigenvalue weighted by molar-refractivity contribution is 5.71. The van der Waals surface area contributed by atoms with Crippen LogP contribution in [0.4, 0.5) is 13.2 Å². The highest BCUT2D eigenvalue weighted by Crippen LogP contribution is 2.20. The van der Waals surface area contributed by atoms with Gasteiger partial charge in [-0.05, 0) is 19.4 Å². The van der Waals surface area contributed by atoms with Crippen molar-refractivity contribution in [2.45, 2.75) is 38.8 Å². The first-order valence-electron chi connectivity index (χ1n) is 5.39. The third-order valence-corrected chi connectivity index (χ3v) is 1.84. The van der Waals surface area contributed by atoms with Crippen molar-refractivity contribution in [2.24, 2.45) is 0 Å². The monoisotopic (exact) mass is 241 g/mol. The number of nitrogens with one attached hydrogen (secondary N) is 1. The number of unbranched alkanes of at least 4 members (excludes halogenated alkanes) is 1. The minimum Gasteiger partial charge on any atom is -0.465 e. The van der Waals surface area contributed by atoms with Gasteiger partial charge in [-0.15, -0.1) is 0 Å². The molecule has 96 valence electrons. The molecule has 0 unspecified atom stereocenters. The minimum atomic E-state index is -4.12. The molecule has 0 amide bonds. The fourth-order valence-electron chi connectivity index (χ4n) is 0.986. The third-order valence-electron chi connectivity index (χ3n) is 1.84. The van der Waals surface area contributed by atoms with Crippen molar-refractivity contribution < 1.29 is 22.7 Å². The Morgan fingerprint density at radius 2 is 2.00 bits per heavy atom. The van der Waals surface area contributed by atoms with Crippen molar-refractivity contribution in [3.05, 3.63) is 0 Å². The summed E-state index contributed by atoms with van der Waals surface area (Å²) in [7, 11) is 0. The lowest BCUT2D eigenvalue weighted by Crippen LogP contribution is -2.26. The number of alkyl halides is 3. The first kappa shape index (κ1) is 15.2. The third kappa shape index (κ3) is 11.3. The number of rotatable bonds is 8. The zero-order chi connectivity index (χ0) is 12.4. The number of halogens is 3. The quantitative estimate of drug-likeness (QED) is 0.523. The van der Waals surface area contributed by atoms with Crippen LogP contribution in [0.5, 0.6) is 0 Å². The molecule has 0 saturated heterocycles. The Hall–Kier alpha value is -0.780. The zero-order valence-electron chi connectivity index (χ0n) is 9.40. The predicted octanol–water partition coefficient (Wildman–Crippen LogP) is 2.26. The average molecular weight is 241 g/mol. The predicted molar refractivity (Wildman–Crippen MR) is 54.0 cm³/mol. The van der Waals surface area contributed by atoms with Gasteiger partial charge in [0.05, 0.1) is 13.2 Å². The first-order valence-corrected chi connectivity index (χ1v) is 5.39. The second-order valence-electron chi connectivity index (χ2n) is 3.47. The SMILES string of the molecule is CCCCOC(=O)CNCCCC(F)(F)F. The normalized spacial score (nSPS) is 11.5. The Bertz CT molecular complexity index is 195. The van der Waals surface area contributed by atoms with E-state index >= 15 is 0 Å². The molecule has 0 radical (unpaired) electrons. The number of hydrogen-bond donors (Lipinski definition) is 1. The van der Waals surface area contributed by atoms with Crippen LogP contribution in [0.25, 0.3) is 0 Å². The van der Waals surface area contributed by atoms with Crippen LogP contribution in [-0.2, 0) is 9.53 Å². The largest absolute Gasteiger partial charge is 0.465 e. The Morgan fingerprint density at radius 3 is 2.56 bits per heavy atom. The molecule has 6 heteroatoms. The molecule has 0 aromatic carbocycles. The van der Waals surface area contributed by atoms with Gasteiger partial charge in [-0.2, -0.15) is 13.2 Å². The molecule has 0 aliphatic rings. The average Bonchev–Trinajstić information content (AvgIpc) is 2.16. The number of carbonyl (C=O) groups excluding carboxylic acids is 1. The van der Waals surface area contributed by atoms with Gasteiger partial charge in [0.2, 0.25) is 0 Å². The molecule has 1 N–H and O–H groups in total. The number of hydrogen-bond acceptors (Lipinski definition) is 3. The Kier molecular flexibility index (Phi) is 7.97. The van der Waals surface area contributed by atoms with Crippen molar-refractivity contribution in [1.29, 1.82) is 0 Å². The van der Waals surface area contributed by atoms with Crippen molar-refractivity contribution in [2.75, 3.05) is 19.7 Å². The van der Waals surface area contributed by atoms with Crippen LogP contribution >= 0.6 is 0 Å². The van der Waals surface area contributed by atoms with Crippen LogP contribution in [0.15, 0.2) is 0 Å². The molecule has 16 heavy (non-hydrogen) atoms. The van der Waals surface area contributed by atoms with E-state index in [4.69, 9.17) is 4.74 Å². The van der Waals surface area contributed by atoms with E-state index in [1.165, 1.54) is 0 Å². The zero-order valence-corrected chi connectivity index (χ0v) is 9.40. The topological polar surface area (TPSA) is 38.3 Å². The van der Waals surface area contributed by atoms with Gasteiger partial charge < -0.3 is 10.1 Å². The highest BCUT2D eigenvalue weighted by atomic mass is 19.4. The molecule has 0 heterocycles. The van der Waals surface area contributed by atoms with Crippen molar-refractivity contribution in [3.63, 3.8) is 0 Å². The Morgan fingerprint density at radius 1 is 1.31 bits per heavy atom. The lowest BCUT2D eigenvalue weighted by atomic mass is 10.3. The van der Waals surface area contributed by atoms with Gasteiger partial charge in [0.1, 0.15) is 0 Å². The van der Waals surface area contributed by atoms with Crippen LogP contribution in [-0.4, -0.2) is 31.8 Å². The molecule has 0 fully saturated rings. The molecular formula is C10H18F3NO2. The van der Waals surface area contributed by atoms with E-state index in [0.717, 1.165) is 12.8 Å². The molecule has 0 saturated carbocycles. The van der Waals surface area contributed by atoms with Gasteiger partial charge in [-0.1, -0.05) is 13.3 Å². The van der Waals surface area contributed by atoms with Crippen molar-refractivity contribution >= 4 is 5.97 Å². The number of ether oxygens (including phenoxy) is 1. The minimum absolute atomic E-state index is 0.0221. The summed E-state index contributed by atoms with van der Waals surface area (Å²) in [4.78, 5) is 11.0. The standard InChI is InChI=1S/C10H18F3NO2/c1-2-3-7-16-9(15)8-14-6-4-5-10(11,12)13/h14H,2-8H2,1H3. The van der Waals surface area contributed by atoms with Gasteiger partial charge in [0.15, 0.2) is 0 Å². The fourth-order valence-corrected chi connectivity index (χ4v) is 0.986. The van der Waals surface area contributed by atoms with E-state index in [1.54, 1.807) is 0 Å². The van der Waals surface area contributed by atoms with Gasteiger partial charge in [0, 0.05) is 6.42 Å². The van der Waals surface area contributed by atoms with E-state index in [-0.39, 0.29) is 19.5 Å². The molecule has 0 aliphatic carbocycles. The van der Waals surface area contributed by atoms with Gasteiger partial charge in [0.25, 0.3) is 0 Å². The lowest BCUT2D eigenvalue weighted by molar-refractivity contribution is -0.142. The maximum Gasteiger partial charge on any atom is 0.389 e. The summed E-state index contributed by atoms with van der Waals surface area (Å²) >= 11 is 0. The second kappa shape index (κ2) is 8.38. The molecule has 0 aromatic heterocycles. The van der Waals surface area contributed by atoms with Crippen LogP contribution in [0, 0.1) is 0 Å².